The number of carboxylic acid groups (broad SMARTS) is 1. The third kappa shape index (κ3) is 3.11. The van der Waals surface area contributed by atoms with Gasteiger partial charge in [0, 0.05) is 0 Å². The van der Waals surface area contributed by atoms with Crippen LogP contribution in [0.2, 0.25) is 0 Å². The van der Waals surface area contributed by atoms with Crippen molar-refractivity contribution in [3.63, 3.8) is 0 Å². The Morgan fingerprint density at radius 2 is 2.14 bits per heavy atom. The molecule has 112 valence electrons. The average molecular weight is 313 g/mol. The van der Waals surface area contributed by atoms with Crippen LogP contribution in [0.15, 0.2) is 27.6 Å². The number of aromatic carboxylic acids is 1. The minimum Gasteiger partial charge on any atom is -0.496 e. The largest absolute Gasteiger partial charge is 0.496 e. The first-order valence-electron chi connectivity index (χ1n) is 5.58. The number of sulfonamides is 1. The molecule has 2 N–H and O–H groups in total. The van der Waals surface area contributed by atoms with Crippen molar-refractivity contribution in [1.29, 1.82) is 0 Å². The van der Waals surface area contributed by atoms with E-state index in [2.05, 4.69) is 19.4 Å². The van der Waals surface area contributed by atoms with E-state index in [9.17, 15) is 13.2 Å². The van der Waals surface area contributed by atoms with Gasteiger partial charge in [0.05, 0.1) is 12.0 Å². The zero-order chi connectivity index (χ0) is 15.6. The lowest BCUT2D eigenvalue weighted by Crippen LogP contribution is -2.14. The number of aromatic nitrogens is 2. The van der Waals surface area contributed by atoms with Crippen LogP contribution in [0.4, 0.5) is 6.01 Å². The fourth-order valence-corrected chi connectivity index (χ4v) is 2.48. The van der Waals surface area contributed by atoms with Crippen LogP contribution in [0.1, 0.15) is 16.2 Å². The molecule has 21 heavy (non-hydrogen) atoms. The molecule has 0 saturated heterocycles. The van der Waals surface area contributed by atoms with Gasteiger partial charge in [-0.2, -0.15) is 4.98 Å². The maximum Gasteiger partial charge on any atom is 0.339 e. The average Bonchev–Trinajstić information content (AvgIpc) is 2.82. The summed E-state index contributed by atoms with van der Waals surface area (Å²) in [5, 5.41) is 12.5. The minimum atomic E-state index is -4.05. The molecule has 0 spiro atoms. The number of carboxylic acids is 1. The molecule has 0 atom stereocenters. The quantitative estimate of drug-likeness (QED) is 0.831. The topological polar surface area (TPSA) is 132 Å². The smallest absolute Gasteiger partial charge is 0.339 e. The lowest BCUT2D eigenvalue weighted by molar-refractivity contribution is 0.0693. The van der Waals surface area contributed by atoms with Gasteiger partial charge >= 0.3 is 12.0 Å². The highest BCUT2D eigenvalue weighted by Gasteiger charge is 2.21. The zero-order valence-electron chi connectivity index (χ0n) is 11.0. The van der Waals surface area contributed by atoms with Gasteiger partial charge in [0.1, 0.15) is 11.3 Å². The van der Waals surface area contributed by atoms with Gasteiger partial charge in [0.25, 0.3) is 10.0 Å². The molecule has 0 bridgehead atoms. The summed E-state index contributed by atoms with van der Waals surface area (Å²) >= 11 is 0. The SMILES string of the molecule is COc1ccc(S(=O)(=O)Nc2nc(C)no2)cc1C(=O)O. The van der Waals surface area contributed by atoms with Crippen molar-refractivity contribution in [2.24, 2.45) is 0 Å². The van der Waals surface area contributed by atoms with Gasteiger partial charge in [-0.15, -0.1) is 0 Å². The van der Waals surface area contributed by atoms with Gasteiger partial charge in [-0.3, -0.25) is 0 Å². The van der Waals surface area contributed by atoms with Gasteiger partial charge in [-0.05, 0) is 25.1 Å². The van der Waals surface area contributed by atoms with Crippen molar-refractivity contribution in [3.8, 4) is 5.75 Å². The van der Waals surface area contributed by atoms with E-state index in [1.54, 1.807) is 0 Å². The molecule has 1 heterocycles. The number of benzene rings is 1. The monoisotopic (exact) mass is 313 g/mol. The highest BCUT2D eigenvalue weighted by molar-refractivity contribution is 7.92. The Hall–Kier alpha value is -2.62. The lowest BCUT2D eigenvalue weighted by atomic mass is 10.2. The molecular weight excluding hydrogens is 302 g/mol. The van der Waals surface area contributed by atoms with Crippen LogP contribution in [-0.2, 0) is 10.0 Å². The number of methoxy groups -OCH3 is 1. The highest BCUT2D eigenvalue weighted by atomic mass is 32.2. The molecule has 0 amide bonds. The molecule has 1 aromatic heterocycles. The summed E-state index contributed by atoms with van der Waals surface area (Å²) in [7, 11) is -2.76. The summed E-state index contributed by atoms with van der Waals surface area (Å²) in [4.78, 5) is 14.5. The van der Waals surface area contributed by atoms with Gasteiger partial charge < -0.3 is 14.4 Å². The number of nitrogens with one attached hydrogen (secondary N) is 1. The summed E-state index contributed by atoms with van der Waals surface area (Å²) in [6.45, 7) is 1.53. The van der Waals surface area contributed by atoms with Crippen LogP contribution in [0.25, 0.3) is 0 Å². The molecule has 0 radical (unpaired) electrons. The fourth-order valence-electron chi connectivity index (χ4n) is 1.53. The number of rotatable bonds is 5. The van der Waals surface area contributed by atoms with E-state index in [4.69, 9.17) is 9.84 Å². The van der Waals surface area contributed by atoms with Crippen molar-refractivity contribution in [3.05, 3.63) is 29.6 Å². The number of hydrogen-bond acceptors (Lipinski definition) is 7. The van der Waals surface area contributed by atoms with Crippen molar-refractivity contribution in [2.45, 2.75) is 11.8 Å². The second kappa shape index (κ2) is 5.40. The summed E-state index contributed by atoms with van der Waals surface area (Å²) in [5.74, 6) is -0.999. The van der Waals surface area contributed by atoms with E-state index in [0.29, 0.717) is 0 Å². The summed E-state index contributed by atoms with van der Waals surface area (Å²) in [5.41, 5.74) is -0.276. The van der Waals surface area contributed by atoms with E-state index in [0.717, 1.165) is 6.07 Å². The Bertz CT molecular complexity index is 783. The third-order valence-corrected chi connectivity index (χ3v) is 3.78. The number of nitrogens with zero attached hydrogens (tertiary/aromatic N) is 2. The summed E-state index contributed by atoms with van der Waals surface area (Å²) in [6, 6.07) is 3.13. The van der Waals surface area contributed by atoms with Gasteiger partial charge in [-0.1, -0.05) is 5.16 Å². The van der Waals surface area contributed by atoms with E-state index in [-0.39, 0.29) is 28.0 Å². The molecule has 1 aromatic carbocycles. The van der Waals surface area contributed by atoms with Crippen molar-refractivity contribution in [2.75, 3.05) is 11.8 Å². The van der Waals surface area contributed by atoms with E-state index in [1.807, 2.05) is 0 Å². The first-order valence-corrected chi connectivity index (χ1v) is 7.06. The maximum absolute atomic E-state index is 12.1. The Kier molecular flexibility index (Phi) is 3.80. The molecule has 10 heteroatoms. The van der Waals surface area contributed by atoms with Crippen molar-refractivity contribution in [1.82, 2.24) is 10.1 Å². The fraction of sp³-hybridized carbons (Fsp3) is 0.182. The Morgan fingerprint density at radius 3 is 2.67 bits per heavy atom. The molecule has 0 saturated carbocycles. The maximum atomic E-state index is 12.1. The van der Waals surface area contributed by atoms with Crippen LogP contribution in [0.3, 0.4) is 0 Å². The van der Waals surface area contributed by atoms with Crippen LogP contribution >= 0.6 is 0 Å². The Balaban J connectivity index is 2.40. The van der Waals surface area contributed by atoms with E-state index >= 15 is 0 Å². The number of aryl methyl sites for hydroxylation is 1. The molecule has 0 aliphatic carbocycles. The number of carbonyl (C=O) groups is 1. The lowest BCUT2D eigenvalue weighted by Gasteiger charge is -2.08. The van der Waals surface area contributed by atoms with Gasteiger partial charge in [-0.25, -0.2) is 17.9 Å². The number of hydrogen-bond donors (Lipinski definition) is 2. The minimum absolute atomic E-state index is 0.0510. The van der Waals surface area contributed by atoms with Gasteiger partial charge in [0.2, 0.25) is 0 Å². The standard InChI is InChI=1S/C11H11N3O6S/c1-6-12-11(20-13-6)14-21(17,18)7-3-4-9(19-2)8(5-7)10(15)16/h3-5H,1-2H3,(H,15,16)(H,12,13,14). The van der Waals surface area contributed by atoms with E-state index < -0.39 is 16.0 Å². The molecule has 0 fully saturated rings. The number of anilines is 1. The van der Waals surface area contributed by atoms with Crippen molar-refractivity contribution >= 4 is 22.0 Å². The van der Waals surface area contributed by atoms with E-state index in [1.165, 1.54) is 26.2 Å². The number of ether oxygens (including phenoxy) is 1. The van der Waals surface area contributed by atoms with Gasteiger partial charge in [0.15, 0.2) is 5.82 Å². The highest BCUT2D eigenvalue weighted by Crippen LogP contribution is 2.23. The molecule has 0 aliphatic rings. The third-order valence-electron chi connectivity index (χ3n) is 2.46. The predicted octanol–water partition coefficient (Wildman–Crippen LogP) is 0.886. The van der Waals surface area contributed by atoms with Crippen molar-refractivity contribution < 1.29 is 27.6 Å². The van der Waals surface area contributed by atoms with Crippen LogP contribution in [0, 0.1) is 6.92 Å². The summed E-state index contributed by atoms with van der Waals surface area (Å²) < 4.78 is 35.8. The van der Waals surface area contributed by atoms with Crippen LogP contribution in [0.5, 0.6) is 5.75 Å². The summed E-state index contributed by atoms with van der Waals surface area (Å²) in [6.07, 6.45) is 0. The first-order chi connectivity index (χ1) is 9.83. The molecule has 2 rings (SSSR count). The molecule has 9 nitrogen and oxygen atoms in total. The normalized spacial score (nSPS) is 11.1. The van der Waals surface area contributed by atoms with Crippen LogP contribution < -0.4 is 9.46 Å². The molecule has 0 unspecified atom stereocenters. The second-order valence-electron chi connectivity index (χ2n) is 3.92. The Morgan fingerprint density at radius 1 is 1.43 bits per heavy atom. The second-order valence-corrected chi connectivity index (χ2v) is 5.60. The van der Waals surface area contributed by atoms with Crippen LogP contribution in [-0.4, -0.2) is 36.7 Å². The molecule has 0 aliphatic heterocycles. The first kappa shape index (κ1) is 14.8. The molecular formula is C11H11N3O6S. The zero-order valence-corrected chi connectivity index (χ0v) is 11.8. The molecule has 2 aromatic rings. The predicted molar refractivity (Wildman–Crippen MR) is 69.8 cm³/mol. The Labute approximate surface area is 119 Å².